The molecule has 0 amide bonds. The maximum absolute atomic E-state index is 8.97. The Morgan fingerprint density at radius 3 is 2.29 bits per heavy atom. The van der Waals surface area contributed by atoms with Gasteiger partial charge in [-0.05, 0) is 17.7 Å². The van der Waals surface area contributed by atoms with E-state index >= 15 is 0 Å². The molecule has 1 rings (SSSR count). The minimum Gasteiger partial charge on any atom is -0.497 e. The first kappa shape index (κ1) is 12.0. The number of alkyl halides is 2. The zero-order valence-electron chi connectivity index (χ0n) is 7.78. The van der Waals surface area contributed by atoms with E-state index in [4.69, 9.17) is 9.84 Å². The SMILES string of the molecule is COc1ccc(C(Br)C(Br)CO)cc1. The van der Waals surface area contributed by atoms with Crippen molar-refractivity contribution in [2.75, 3.05) is 13.7 Å². The summed E-state index contributed by atoms with van der Waals surface area (Å²) in [5.74, 6) is 0.837. The molecule has 1 N–H and O–H groups in total. The van der Waals surface area contributed by atoms with Gasteiger partial charge in [0.05, 0.1) is 23.4 Å². The number of halogens is 2. The van der Waals surface area contributed by atoms with Crippen molar-refractivity contribution in [3.8, 4) is 5.75 Å². The normalized spacial score (nSPS) is 14.9. The van der Waals surface area contributed by atoms with Gasteiger partial charge in [0.1, 0.15) is 5.75 Å². The molecule has 0 heterocycles. The quantitative estimate of drug-likeness (QED) is 0.863. The molecule has 0 aliphatic heterocycles. The molecular formula is C10H12Br2O2. The zero-order valence-corrected chi connectivity index (χ0v) is 11.0. The average Bonchev–Trinajstić information content (AvgIpc) is 2.27. The molecule has 2 nitrogen and oxygen atoms in total. The summed E-state index contributed by atoms with van der Waals surface area (Å²) < 4.78 is 5.06. The Bertz CT molecular complexity index is 274. The van der Waals surface area contributed by atoms with Crippen LogP contribution in [0.25, 0.3) is 0 Å². The fourth-order valence-electron chi connectivity index (χ4n) is 1.09. The highest BCUT2D eigenvalue weighted by Gasteiger charge is 2.16. The highest BCUT2D eigenvalue weighted by Crippen LogP contribution is 2.31. The third-order valence-corrected chi connectivity index (χ3v) is 4.62. The summed E-state index contributed by atoms with van der Waals surface area (Å²) >= 11 is 6.90. The van der Waals surface area contributed by atoms with Crippen LogP contribution in [0.3, 0.4) is 0 Å². The second-order valence-corrected chi connectivity index (χ2v) is 5.04. The molecule has 0 fully saturated rings. The number of ether oxygens (including phenoxy) is 1. The fraction of sp³-hybridized carbons (Fsp3) is 0.400. The molecule has 0 saturated carbocycles. The fourth-order valence-corrected chi connectivity index (χ4v) is 1.87. The topological polar surface area (TPSA) is 29.5 Å². The molecule has 14 heavy (non-hydrogen) atoms. The minimum absolute atomic E-state index is 0.0240. The van der Waals surface area contributed by atoms with Crippen LogP contribution in [-0.2, 0) is 0 Å². The average molecular weight is 324 g/mol. The van der Waals surface area contributed by atoms with Crippen molar-refractivity contribution in [2.24, 2.45) is 0 Å². The van der Waals surface area contributed by atoms with Gasteiger partial charge in [0.2, 0.25) is 0 Å². The highest BCUT2D eigenvalue weighted by atomic mass is 79.9. The largest absolute Gasteiger partial charge is 0.497 e. The van der Waals surface area contributed by atoms with Gasteiger partial charge in [0.15, 0.2) is 0 Å². The Hall–Kier alpha value is -0.0600. The number of benzene rings is 1. The first-order valence-corrected chi connectivity index (χ1v) is 6.05. The highest BCUT2D eigenvalue weighted by molar-refractivity contribution is 9.12. The van der Waals surface area contributed by atoms with Crippen LogP contribution in [0.15, 0.2) is 24.3 Å². The molecule has 1 aromatic carbocycles. The van der Waals surface area contributed by atoms with Gasteiger partial charge in [0, 0.05) is 0 Å². The summed E-state index contributed by atoms with van der Waals surface area (Å²) in [6.45, 7) is 0.0992. The van der Waals surface area contributed by atoms with Crippen LogP contribution in [0.1, 0.15) is 10.4 Å². The van der Waals surface area contributed by atoms with E-state index in [9.17, 15) is 0 Å². The molecule has 0 radical (unpaired) electrons. The van der Waals surface area contributed by atoms with Crippen molar-refractivity contribution in [1.82, 2.24) is 0 Å². The Kier molecular flexibility index (Phi) is 4.92. The summed E-state index contributed by atoms with van der Waals surface area (Å²) in [5.41, 5.74) is 1.11. The second-order valence-electron chi connectivity index (χ2n) is 2.87. The van der Waals surface area contributed by atoms with E-state index in [-0.39, 0.29) is 16.3 Å². The Morgan fingerprint density at radius 1 is 1.29 bits per heavy atom. The van der Waals surface area contributed by atoms with Gasteiger partial charge in [0.25, 0.3) is 0 Å². The third-order valence-electron chi connectivity index (χ3n) is 1.93. The molecule has 2 unspecified atom stereocenters. The summed E-state index contributed by atoms with van der Waals surface area (Å²) in [4.78, 5) is 0.134. The standard InChI is InChI=1S/C10H12Br2O2/c1-14-8-4-2-7(3-5-8)10(12)9(11)6-13/h2-5,9-10,13H,6H2,1H3. The summed E-state index contributed by atoms with van der Waals surface area (Å²) in [5, 5.41) is 8.97. The Balaban J connectivity index is 2.75. The summed E-state index contributed by atoms with van der Waals surface area (Å²) in [6.07, 6.45) is 0. The molecule has 0 aliphatic rings. The lowest BCUT2D eigenvalue weighted by Gasteiger charge is -2.14. The van der Waals surface area contributed by atoms with Gasteiger partial charge < -0.3 is 9.84 Å². The van der Waals surface area contributed by atoms with Gasteiger partial charge >= 0.3 is 0 Å². The van der Waals surface area contributed by atoms with E-state index in [0.717, 1.165) is 11.3 Å². The van der Waals surface area contributed by atoms with Gasteiger partial charge in [-0.15, -0.1) is 0 Å². The van der Waals surface area contributed by atoms with E-state index in [0.29, 0.717) is 0 Å². The number of rotatable bonds is 4. The Morgan fingerprint density at radius 2 is 1.86 bits per heavy atom. The van der Waals surface area contributed by atoms with Crippen LogP contribution < -0.4 is 4.74 Å². The predicted molar refractivity (Wildman–Crippen MR) is 64.5 cm³/mol. The van der Waals surface area contributed by atoms with Crippen molar-refractivity contribution in [3.05, 3.63) is 29.8 Å². The number of aliphatic hydroxyl groups excluding tert-OH is 1. The van der Waals surface area contributed by atoms with Crippen molar-refractivity contribution < 1.29 is 9.84 Å². The van der Waals surface area contributed by atoms with Crippen molar-refractivity contribution in [2.45, 2.75) is 9.65 Å². The predicted octanol–water partition coefficient (Wildman–Crippen LogP) is 2.89. The van der Waals surface area contributed by atoms with Gasteiger partial charge in [-0.25, -0.2) is 0 Å². The van der Waals surface area contributed by atoms with E-state index in [1.807, 2.05) is 24.3 Å². The van der Waals surface area contributed by atoms with Crippen LogP contribution in [-0.4, -0.2) is 23.7 Å². The zero-order chi connectivity index (χ0) is 10.6. The van der Waals surface area contributed by atoms with Gasteiger partial charge in [-0.2, -0.15) is 0 Å². The van der Waals surface area contributed by atoms with Crippen LogP contribution in [0.2, 0.25) is 0 Å². The number of methoxy groups -OCH3 is 1. The monoisotopic (exact) mass is 322 g/mol. The molecule has 0 bridgehead atoms. The lowest BCUT2D eigenvalue weighted by atomic mass is 10.1. The number of aliphatic hydroxyl groups is 1. The molecule has 1 aromatic rings. The van der Waals surface area contributed by atoms with Crippen LogP contribution >= 0.6 is 31.9 Å². The van der Waals surface area contributed by atoms with Crippen LogP contribution in [0.5, 0.6) is 5.75 Å². The number of hydrogen-bond donors (Lipinski definition) is 1. The lowest BCUT2D eigenvalue weighted by molar-refractivity contribution is 0.296. The van der Waals surface area contributed by atoms with Crippen molar-refractivity contribution in [1.29, 1.82) is 0 Å². The maximum atomic E-state index is 8.97. The van der Waals surface area contributed by atoms with E-state index in [1.54, 1.807) is 7.11 Å². The molecule has 0 saturated heterocycles. The molecule has 2 atom stereocenters. The van der Waals surface area contributed by atoms with Gasteiger partial charge in [-0.3, -0.25) is 0 Å². The van der Waals surface area contributed by atoms with Crippen molar-refractivity contribution in [3.63, 3.8) is 0 Å². The second kappa shape index (κ2) is 5.73. The molecule has 0 aromatic heterocycles. The molecular weight excluding hydrogens is 312 g/mol. The van der Waals surface area contributed by atoms with Crippen LogP contribution in [0, 0.1) is 0 Å². The minimum atomic E-state index is 0.0240. The molecule has 78 valence electrons. The first-order chi connectivity index (χ1) is 6.69. The lowest BCUT2D eigenvalue weighted by Crippen LogP contribution is -2.10. The van der Waals surface area contributed by atoms with E-state index in [2.05, 4.69) is 31.9 Å². The third kappa shape index (κ3) is 2.97. The molecule has 0 aliphatic carbocycles. The maximum Gasteiger partial charge on any atom is 0.118 e. The molecule has 0 spiro atoms. The smallest absolute Gasteiger partial charge is 0.118 e. The first-order valence-electron chi connectivity index (χ1n) is 4.22. The van der Waals surface area contributed by atoms with E-state index < -0.39 is 0 Å². The van der Waals surface area contributed by atoms with E-state index in [1.165, 1.54) is 0 Å². The molecule has 4 heteroatoms. The summed E-state index contributed by atoms with van der Waals surface area (Å²) in [6, 6.07) is 7.76. The van der Waals surface area contributed by atoms with Crippen LogP contribution in [0.4, 0.5) is 0 Å². The van der Waals surface area contributed by atoms with Crippen molar-refractivity contribution >= 4 is 31.9 Å². The summed E-state index contributed by atoms with van der Waals surface area (Å²) in [7, 11) is 1.64. The Labute approximate surface area is 101 Å². The van der Waals surface area contributed by atoms with Gasteiger partial charge in [-0.1, -0.05) is 44.0 Å². The number of hydrogen-bond acceptors (Lipinski definition) is 2.